The van der Waals surface area contributed by atoms with Gasteiger partial charge in [0.2, 0.25) is 5.56 Å². The second kappa shape index (κ2) is 10.1. The average molecular weight is 517 g/mol. The van der Waals surface area contributed by atoms with E-state index in [0.29, 0.717) is 11.3 Å². The molecular formula is C26H18F3N7O2. The largest absolute Gasteiger partial charge is 0.433 e. The maximum Gasteiger partial charge on any atom is 0.433 e. The molecular weight excluding hydrogens is 499 g/mol. The number of aromatic nitrogens is 6. The van der Waals surface area contributed by atoms with Crippen molar-refractivity contribution < 1.29 is 18.0 Å². The van der Waals surface area contributed by atoms with Gasteiger partial charge in [0.05, 0.1) is 23.1 Å². The number of aromatic amines is 1. The van der Waals surface area contributed by atoms with E-state index in [2.05, 4.69) is 30.4 Å². The van der Waals surface area contributed by atoms with Crippen LogP contribution in [0, 0.1) is 0 Å². The molecule has 0 radical (unpaired) electrons. The molecule has 38 heavy (non-hydrogen) atoms. The highest BCUT2D eigenvalue weighted by Gasteiger charge is 2.36. The lowest BCUT2D eigenvalue weighted by Crippen LogP contribution is -2.20. The third kappa shape index (κ3) is 5.33. The van der Waals surface area contributed by atoms with Gasteiger partial charge in [-0.1, -0.05) is 0 Å². The zero-order valence-electron chi connectivity index (χ0n) is 19.5. The molecule has 0 spiro atoms. The number of hydrogen-bond donors (Lipinski definition) is 2. The molecule has 0 aliphatic carbocycles. The minimum absolute atomic E-state index is 0.0490. The minimum atomic E-state index is -4.67. The van der Waals surface area contributed by atoms with Crippen LogP contribution in [0.5, 0.6) is 0 Å². The maximum absolute atomic E-state index is 13.7. The topological polar surface area (TPSA) is 118 Å². The molecule has 0 aliphatic heterocycles. The molecule has 5 rings (SSSR count). The van der Waals surface area contributed by atoms with Crippen LogP contribution in [0.4, 0.5) is 19.0 Å². The highest BCUT2D eigenvalue weighted by Crippen LogP contribution is 2.34. The van der Waals surface area contributed by atoms with E-state index < -0.39 is 17.8 Å². The van der Waals surface area contributed by atoms with Crippen molar-refractivity contribution in [3.8, 4) is 16.9 Å². The Morgan fingerprint density at radius 1 is 0.974 bits per heavy atom. The smallest absolute Gasteiger partial charge is 0.325 e. The Labute approximate surface area is 213 Å². The van der Waals surface area contributed by atoms with Crippen LogP contribution in [0.2, 0.25) is 0 Å². The number of halogens is 3. The maximum atomic E-state index is 13.7. The second-order valence-electron chi connectivity index (χ2n) is 8.17. The molecule has 0 saturated heterocycles. The van der Waals surface area contributed by atoms with Crippen LogP contribution in [-0.4, -0.2) is 35.6 Å². The lowest BCUT2D eigenvalue weighted by Gasteiger charge is -2.12. The summed E-state index contributed by atoms with van der Waals surface area (Å²) in [7, 11) is 0. The summed E-state index contributed by atoms with van der Waals surface area (Å²) in [4.78, 5) is 39.5. The summed E-state index contributed by atoms with van der Waals surface area (Å²) in [5, 5.41) is 6.72. The quantitative estimate of drug-likeness (QED) is 0.347. The first-order valence-corrected chi connectivity index (χ1v) is 11.2. The van der Waals surface area contributed by atoms with Crippen molar-refractivity contribution in [3.05, 3.63) is 118 Å². The van der Waals surface area contributed by atoms with Crippen molar-refractivity contribution in [1.29, 1.82) is 0 Å². The van der Waals surface area contributed by atoms with Crippen LogP contribution < -0.4 is 10.9 Å². The third-order valence-electron chi connectivity index (χ3n) is 5.57. The number of amides is 1. The molecule has 0 aliphatic rings. The minimum Gasteiger partial charge on any atom is -0.325 e. The molecule has 0 aromatic carbocycles. The van der Waals surface area contributed by atoms with Crippen LogP contribution in [0.3, 0.4) is 0 Å². The fraction of sp³-hybridized carbons (Fsp3) is 0.0769. The molecule has 5 heterocycles. The van der Waals surface area contributed by atoms with E-state index in [1.54, 1.807) is 36.7 Å². The number of H-pyrrole nitrogens is 1. The first kappa shape index (κ1) is 24.6. The van der Waals surface area contributed by atoms with Gasteiger partial charge >= 0.3 is 6.18 Å². The molecule has 12 heteroatoms. The normalized spacial score (nSPS) is 11.3. The molecule has 0 atom stereocenters. The van der Waals surface area contributed by atoms with Crippen molar-refractivity contribution >= 4 is 11.7 Å². The molecule has 9 nitrogen and oxygen atoms in total. The summed E-state index contributed by atoms with van der Waals surface area (Å²) >= 11 is 0. The number of pyridine rings is 4. The summed E-state index contributed by atoms with van der Waals surface area (Å²) in [6.07, 6.45) is 2.93. The molecule has 2 N–H and O–H groups in total. The first-order chi connectivity index (χ1) is 18.3. The van der Waals surface area contributed by atoms with Crippen molar-refractivity contribution in [3.63, 3.8) is 0 Å². The zero-order chi connectivity index (χ0) is 26.7. The van der Waals surface area contributed by atoms with Crippen molar-refractivity contribution in [1.82, 2.24) is 29.7 Å². The Balaban J connectivity index is 1.40. The van der Waals surface area contributed by atoms with Gasteiger partial charge in [-0.2, -0.15) is 18.3 Å². The van der Waals surface area contributed by atoms with E-state index in [-0.39, 0.29) is 34.7 Å². The standard InChI is InChI=1S/C26H18F3N7O2/c27-26(28,29)22-13-20(17-2-1-9-31-14-17)35-36(22)18-3-5-23(32-15-18)34-25(38)19-4-6-24(37)33-21(19)12-16-7-10-30-11-8-16/h1-11,13-15H,12H2,(H,33,37)(H,32,34,38). The number of carbonyl (C=O) groups excluding carboxylic acids is 1. The summed E-state index contributed by atoms with van der Waals surface area (Å²) in [6, 6.07) is 13.0. The monoisotopic (exact) mass is 517 g/mol. The summed E-state index contributed by atoms with van der Waals surface area (Å²) in [5.74, 6) is -0.438. The van der Waals surface area contributed by atoms with E-state index in [1.807, 2.05) is 0 Å². The number of hydrogen-bond acceptors (Lipinski definition) is 6. The van der Waals surface area contributed by atoms with Gasteiger partial charge in [-0.05, 0) is 54.1 Å². The van der Waals surface area contributed by atoms with Crippen LogP contribution in [0.1, 0.15) is 27.3 Å². The molecule has 5 aromatic heterocycles. The average Bonchev–Trinajstić information content (AvgIpc) is 3.37. The number of rotatable bonds is 6. The Kier molecular flexibility index (Phi) is 6.52. The van der Waals surface area contributed by atoms with E-state index in [1.165, 1.54) is 42.9 Å². The van der Waals surface area contributed by atoms with Gasteiger partial charge in [0.25, 0.3) is 5.91 Å². The van der Waals surface area contributed by atoms with Crippen molar-refractivity contribution in [2.24, 2.45) is 0 Å². The van der Waals surface area contributed by atoms with E-state index in [9.17, 15) is 22.8 Å². The molecule has 5 aromatic rings. The number of nitrogens with one attached hydrogen (secondary N) is 2. The van der Waals surface area contributed by atoms with Crippen molar-refractivity contribution in [2.45, 2.75) is 12.6 Å². The second-order valence-corrected chi connectivity index (χ2v) is 8.17. The van der Waals surface area contributed by atoms with E-state index in [4.69, 9.17) is 0 Å². The highest BCUT2D eigenvalue weighted by molar-refractivity contribution is 6.04. The fourth-order valence-corrected chi connectivity index (χ4v) is 3.78. The molecule has 0 bridgehead atoms. The van der Waals surface area contributed by atoms with E-state index in [0.717, 1.165) is 16.3 Å². The van der Waals surface area contributed by atoms with E-state index >= 15 is 0 Å². The third-order valence-corrected chi connectivity index (χ3v) is 5.57. The SMILES string of the molecule is O=C(Nc1ccc(-n2nc(-c3cccnc3)cc2C(F)(F)F)cn1)c1ccc(=O)[nH]c1Cc1ccncc1. The van der Waals surface area contributed by atoms with Gasteiger partial charge in [-0.3, -0.25) is 19.6 Å². The predicted octanol–water partition coefficient (Wildman–Crippen LogP) is 4.27. The van der Waals surface area contributed by atoms with Gasteiger partial charge in [0.15, 0.2) is 0 Å². The molecule has 1 amide bonds. The lowest BCUT2D eigenvalue weighted by molar-refractivity contribution is -0.142. The molecule has 0 unspecified atom stereocenters. The van der Waals surface area contributed by atoms with Gasteiger partial charge in [-0.15, -0.1) is 0 Å². The van der Waals surface area contributed by atoms with Gasteiger partial charge in [0, 0.05) is 48.5 Å². The van der Waals surface area contributed by atoms with Gasteiger partial charge < -0.3 is 10.3 Å². The fourth-order valence-electron chi connectivity index (χ4n) is 3.78. The van der Waals surface area contributed by atoms with Crippen LogP contribution >= 0.6 is 0 Å². The Bertz CT molecular complexity index is 1630. The summed E-state index contributed by atoms with van der Waals surface area (Å²) in [5.41, 5.74) is 0.686. The Hall–Kier alpha value is -5.13. The van der Waals surface area contributed by atoms with Crippen LogP contribution in [0.25, 0.3) is 16.9 Å². The first-order valence-electron chi connectivity index (χ1n) is 11.2. The van der Waals surface area contributed by atoms with Gasteiger partial charge in [0.1, 0.15) is 11.5 Å². The lowest BCUT2D eigenvalue weighted by atomic mass is 10.1. The zero-order valence-corrected chi connectivity index (χ0v) is 19.5. The Morgan fingerprint density at radius 2 is 1.79 bits per heavy atom. The number of alkyl halides is 3. The molecule has 190 valence electrons. The molecule has 0 fully saturated rings. The Morgan fingerprint density at radius 3 is 2.47 bits per heavy atom. The van der Waals surface area contributed by atoms with Gasteiger partial charge in [-0.25, -0.2) is 9.67 Å². The van der Waals surface area contributed by atoms with Crippen LogP contribution in [0.15, 0.2) is 90.4 Å². The summed E-state index contributed by atoms with van der Waals surface area (Å²) < 4.78 is 42.0. The van der Waals surface area contributed by atoms with Crippen LogP contribution in [-0.2, 0) is 12.6 Å². The highest BCUT2D eigenvalue weighted by atomic mass is 19.4. The summed E-state index contributed by atoms with van der Waals surface area (Å²) in [6.45, 7) is 0. The number of anilines is 1. The van der Waals surface area contributed by atoms with Crippen molar-refractivity contribution in [2.75, 3.05) is 5.32 Å². The predicted molar refractivity (Wildman–Crippen MR) is 132 cm³/mol. The molecule has 0 saturated carbocycles. The number of carbonyl (C=O) groups is 1. The number of nitrogens with zero attached hydrogens (tertiary/aromatic N) is 5.